The zero-order valence-corrected chi connectivity index (χ0v) is 15.2. The molecule has 0 heterocycles. The second-order valence-electron chi connectivity index (χ2n) is 6.00. The number of aryl methyl sites for hydroxylation is 2. The fourth-order valence-electron chi connectivity index (χ4n) is 2.67. The van der Waals surface area contributed by atoms with Gasteiger partial charge in [-0.05, 0) is 53.8 Å². The van der Waals surface area contributed by atoms with E-state index in [4.69, 9.17) is 4.74 Å². The van der Waals surface area contributed by atoms with Gasteiger partial charge in [-0.3, -0.25) is 4.79 Å². The van der Waals surface area contributed by atoms with Gasteiger partial charge in [-0.25, -0.2) is 4.79 Å². The Kier molecular flexibility index (Phi) is 6.55. The van der Waals surface area contributed by atoms with Gasteiger partial charge in [-0.1, -0.05) is 37.3 Å². The summed E-state index contributed by atoms with van der Waals surface area (Å²) in [6.07, 6.45) is 2.20. The summed E-state index contributed by atoms with van der Waals surface area (Å²) in [6.45, 7) is 5.69. The monoisotopic (exact) mass is 353 g/mol. The number of carboxylic acid groups (broad SMARTS) is 1. The van der Waals surface area contributed by atoms with Crippen LogP contribution in [-0.4, -0.2) is 17.0 Å². The fraction of sp³-hybridized carbons (Fsp3) is 0.238. The van der Waals surface area contributed by atoms with Gasteiger partial charge in [0.05, 0.1) is 0 Å². The van der Waals surface area contributed by atoms with Crippen LogP contribution in [-0.2, 0) is 22.6 Å². The molecule has 0 aromatic heterocycles. The Morgan fingerprint density at radius 3 is 2.46 bits per heavy atom. The lowest BCUT2D eigenvalue weighted by atomic mass is 10.0. The van der Waals surface area contributed by atoms with Crippen molar-refractivity contribution in [2.75, 3.05) is 0 Å². The standard InChI is InChI=1S/C21H23NO4/c1-4-18-11-17(12-19(21(24)25)22-15(3)23)10-14(2)20(18)26-13-16-8-6-5-7-9-16/h5-12H,4,13H2,1-3H3,(H,22,23)(H,24,25). The molecule has 5 nitrogen and oxygen atoms in total. The Hall–Kier alpha value is -3.08. The highest BCUT2D eigenvalue weighted by molar-refractivity contribution is 5.96. The van der Waals surface area contributed by atoms with Gasteiger partial charge in [-0.2, -0.15) is 0 Å². The number of hydrogen-bond acceptors (Lipinski definition) is 3. The van der Waals surface area contributed by atoms with Gasteiger partial charge >= 0.3 is 5.97 Å². The van der Waals surface area contributed by atoms with E-state index < -0.39 is 11.9 Å². The van der Waals surface area contributed by atoms with Gasteiger partial charge in [0.2, 0.25) is 5.91 Å². The van der Waals surface area contributed by atoms with Crippen LogP contribution < -0.4 is 10.1 Å². The normalized spacial score (nSPS) is 11.1. The van der Waals surface area contributed by atoms with Crippen molar-refractivity contribution < 1.29 is 19.4 Å². The molecule has 0 saturated carbocycles. The zero-order chi connectivity index (χ0) is 19.1. The molecule has 2 rings (SSSR count). The quantitative estimate of drug-likeness (QED) is 0.744. The molecule has 2 aromatic rings. The predicted molar refractivity (Wildman–Crippen MR) is 101 cm³/mol. The Bertz CT molecular complexity index is 825. The van der Waals surface area contributed by atoms with Crippen LogP contribution in [0, 0.1) is 6.92 Å². The number of amides is 1. The molecule has 0 spiro atoms. The maximum atomic E-state index is 11.3. The molecule has 0 aliphatic rings. The SMILES string of the molecule is CCc1cc(C=C(NC(C)=O)C(=O)O)cc(C)c1OCc1ccccc1. The number of hydrogen-bond donors (Lipinski definition) is 2. The highest BCUT2D eigenvalue weighted by Gasteiger charge is 2.12. The number of carboxylic acids is 1. The van der Waals surface area contributed by atoms with Crippen LogP contribution in [0.15, 0.2) is 48.2 Å². The van der Waals surface area contributed by atoms with Crippen LogP contribution in [0.2, 0.25) is 0 Å². The minimum Gasteiger partial charge on any atom is -0.488 e. The fourth-order valence-corrected chi connectivity index (χ4v) is 2.67. The van der Waals surface area contributed by atoms with E-state index in [2.05, 4.69) is 5.32 Å². The summed E-state index contributed by atoms with van der Waals surface area (Å²) in [5.74, 6) is -0.792. The first-order chi connectivity index (χ1) is 12.4. The van der Waals surface area contributed by atoms with Gasteiger partial charge in [0.25, 0.3) is 0 Å². The summed E-state index contributed by atoms with van der Waals surface area (Å²) < 4.78 is 6.01. The molecule has 0 aliphatic carbocycles. The molecule has 0 atom stereocenters. The topological polar surface area (TPSA) is 75.6 Å². The van der Waals surface area contributed by atoms with Crippen LogP contribution in [0.4, 0.5) is 0 Å². The number of ether oxygens (including phenoxy) is 1. The summed E-state index contributed by atoms with van der Waals surface area (Å²) >= 11 is 0. The van der Waals surface area contributed by atoms with E-state index in [1.165, 1.54) is 13.0 Å². The van der Waals surface area contributed by atoms with Crippen LogP contribution in [0.5, 0.6) is 5.75 Å². The number of carbonyl (C=O) groups excluding carboxylic acids is 1. The first-order valence-electron chi connectivity index (χ1n) is 8.43. The lowest BCUT2D eigenvalue weighted by Gasteiger charge is -2.15. The lowest BCUT2D eigenvalue weighted by Crippen LogP contribution is -2.24. The van der Waals surface area contributed by atoms with Crippen molar-refractivity contribution in [3.63, 3.8) is 0 Å². The van der Waals surface area contributed by atoms with E-state index in [1.807, 2.05) is 56.3 Å². The minimum atomic E-state index is -1.18. The second kappa shape index (κ2) is 8.85. The van der Waals surface area contributed by atoms with Gasteiger partial charge < -0.3 is 15.2 Å². The van der Waals surface area contributed by atoms with Crippen molar-refractivity contribution in [3.05, 3.63) is 70.4 Å². The Labute approximate surface area is 153 Å². The van der Waals surface area contributed by atoms with Crippen molar-refractivity contribution in [2.45, 2.75) is 33.8 Å². The molecule has 2 N–H and O–H groups in total. The molecule has 0 saturated heterocycles. The molecule has 5 heteroatoms. The van der Waals surface area contributed by atoms with Crippen molar-refractivity contribution >= 4 is 18.0 Å². The van der Waals surface area contributed by atoms with Crippen LogP contribution in [0.25, 0.3) is 6.08 Å². The predicted octanol–water partition coefficient (Wildman–Crippen LogP) is 3.70. The number of rotatable bonds is 7. The van der Waals surface area contributed by atoms with Gasteiger partial charge in [0, 0.05) is 6.92 Å². The van der Waals surface area contributed by atoms with E-state index in [-0.39, 0.29) is 5.70 Å². The smallest absolute Gasteiger partial charge is 0.352 e. The minimum absolute atomic E-state index is 0.156. The molecule has 26 heavy (non-hydrogen) atoms. The van der Waals surface area contributed by atoms with Gasteiger partial charge in [0.15, 0.2) is 0 Å². The summed E-state index contributed by atoms with van der Waals surface area (Å²) in [4.78, 5) is 22.5. The van der Waals surface area contributed by atoms with Crippen molar-refractivity contribution in [3.8, 4) is 5.75 Å². The molecular formula is C21H23NO4. The Morgan fingerprint density at radius 1 is 1.19 bits per heavy atom. The molecule has 0 aliphatic heterocycles. The van der Waals surface area contributed by atoms with E-state index in [0.29, 0.717) is 12.2 Å². The highest BCUT2D eigenvalue weighted by Crippen LogP contribution is 2.28. The Morgan fingerprint density at radius 2 is 1.88 bits per heavy atom. The number of carbonyl (C=O) groups is 2. The zero-order valence-electron chi connectivity index (χ0n) is 15.2. The largest absolute Gasteiger partial charge is 0.488 e. The molecule has 1 amide bonds. The summed E-state index contributed by atoms with van der Waals surface area (Å²) in [7, 11) is 0. The maximum absolute atomic E-state index is 11.3. The van der Waals surface area contributed by atoms with E-state index in [0.717, 1.165) is 28.9 Å². The highest BCUT2D eigenvalue weighted by atomic mass is 16.5. The summed E-state index contributed by atoms with van der Waals surface area (Å²) in [6, 6.07) is 13.6. The third kappa shape index (κ3) is 5.21. The lowest BCUT2D eigenvalue weighted by molar-refractivity contribution is -0.134. The van der Waals surface area contributed by atoms with Crippen LogP contribution >= 0.6 is 0 Å². The van der Waals surface area contributed by atoms with Crippen molar-refractivity contribution in [1.29, 1.82) is 0 Å². The first kappa shape index (κ1) is 19.2. The van der Waals surface area contributed by atoms with Crippen LogP contribution in [0.3, 0.4) is 0 Å². The van der Waals surface area contributed by atoms with Gasteiger partial charge in [0.1, 0.15) is 18.1 Å². The molecule has 0 radical (unpaired) electrons. The Balaban J connectivity index is 2.30. The molecule has 0 fully saturated rings. The third-order valence-electron chi connectivity index (χ3n) is 3.83. The first-order valence-corrected chi connectivity index (χ1v) is 8.43. The molecule has 0 unspecified atom stereocenters. The second-order valence-corrected chi connectivity index (χ2v) is 6.00. The number of nitrogens with one attached hydrogen (secondary N) is 1. The molecular weight excluding hydrogens is 330 g/mol. The van der Waals surface area contributed by atoms with Gasteiger partial charge in [-0.15, -0.1) is 0 Å². The average molecular weight is 353 g/mol. The van der Waals surface area contributed by atoms with Crippen LogP contribution in [0.1, 0.15) is 36.1 Å². The van der Waals surface area contributed by atoms with E-state index in [9.17, 15) is 14.7 Å². The average Bonchev–Trinajstić information content (AvgIpc) is 2.60. The van der Waals surface area contributed by atoms with Crippen molar-refractivity contribution in [2.24, 2.45) is 0 Å². The van der Waals surface area contributed by atoms with E-state index in [1.54, 1.807) is 0 Å². The number of benzene rings is 2. The number of aliphatic carboxylic acids is 1. The molecule has 2 aromatic carbocycles. The maximum Gasteiger partial charge on any atom is 0.352 e. The summed E-state index contributed by atoms with van der Waals surface area (Å²) in [5.41, 5.74) is 3.53. The molecule has 136 valence electrons. The third-order valence-corrected chi connectivity index (χ3v) is 3.83. The molecule has 0 bridgehead atoms. The summed E-state index contributed by atoms with van der Waals surface area (Å²) in [5, 5.41) is 11.6. The van der Waals surface area contributed by atoms with E-state index >= 15 is 0 Å². The van der Waals surface area contributed by atoms with Crippen molar-refractivity contribution in [1.82, 2.24) is 5.32 Å².